The summed E-state index contributed by atoms with van der Waals surface area (Å²) in [5, 5.41) is 19.5. The van der Waals surface area contributed by atoms with Gasteiger partial charge in [-0.15, -0.1) is 0 Å². The van der Waals surface area contributed by atoms with Crippen molar-refractivity contribution in [3.05, 3.63) is 57.6 Å². The summed E-state index contributed by atoms with van der Waals surface area (Å²) in [6.45, 7) is 6.97. The zero-order valence-corrected chi connectivity index (χ0v) is 14.4. The van der Waals surface area contributed by atoms with Crippen LogP contribution in [-0.2, 0) is 0 Å². The maximum absolute atomic E-state index is 12.3. The number of ketones is 2. The molecule has 0 aliphatic carbocycles. The highest BCUT2D eigenvalue weighted by atomic mass is 16.3. The van der Waals surface area contributed by atoms with Crippen molar-refractivity contribution in [3.63, 3.8) is 0 Å². The highest BCUT2D eigenvalue weighted by Gasteiger charge is 2.15. The molecule has 24 heavy (non-hydrogen) atoms. The second-order valence-corrected chi connectivity index (χ2v) is 6.26. The Bertz CT molecular complexity index is 703. The molecule has 0 spiro atoms. The first-order chi connectivity index (χ1) is 11.2. The summed E-state index contributed by atoms with van der Waals surface area (Å²) < 4.78 is 0. The fraction of sp³-hybridized carbons (Fsp3) is 0.300. The molecule has 0 aliphatic rings. The fourth-order valence-electron chi connectivity index (χ4n) is 2.75. The Labute approximate surface area is 141 Å². The molecule has 0 atom stereocenters. The maximum Gasteiger partial charge on any atom is 0.163 e. The molecule has 126 valence electrons. The van der Waals surface area contributed by atoms with Crippen LogP contribution >= 0.6 is 0 Å². The predicted molar refractivity (Wildman–Crippen MR) is 93.1 cm³/mol. The Morgan fingerprint density at radius 2 is 0.917 bits per heavy atom. The van der Waals surface area contributed by atoms with Crippen LogP contribution in [0.2, 0.25) is 0 Å². The molecule has 0 unspecified atom stereocenters. The smallest absolute Gasteiger partial charge is 0.163 e. The zero-order chi connectivity index (χ0) is 18.0. The van der Waals surface area contributed by atoms with Gasteiger partial charge in [-0.3, -0.25) is 9.59 Å². The van der Waals surface area contributed by atoms with Gasteiger partial charge in [0.05, 0.1) is 0 Å². The number of aryl methyl sites for hydroxylation is 4. The molecule has 0 heterocycles. The van der Waals surface area contributed by atoms with E-state index in [1.165, 1.54) is 0 Å². The molecule has 2 aromatic carbocycles. The van der Waals surface area contributed by atoms with Crippen LogP contribution in [0.4, 0.5) is 0 Å². The molecule has 0 fully saturated rings. The second-order valence-electron chi connectivity index (χ2n) is 6.26. The monoisotopic (exact) mass is 326 g/mol. The van der Waals surface area contributed by atoms with E-state index < -0.39 is 0 Å². The first kappa shape index (κ1) is 17.7. The highest BCUT2D eigenvalue weighted by Crippen LogP contribution is 2.25. The Morgan fingerprint density at radius 1 is 0.667 bits per heavy atom. The van der Waals surface area contributed by atoms with Crippen molar-refractivity contribution >= 4 is 11.6 Å². The number of rotatable bonds is 5. The third-order valence-electron chi connectivity index (χ3n) is 4.21. The van der Waals surface area contributed by atoms with Crippen molar-refractivity contribution in [2.24, 2.45) is 0 Å². The number of aromatic hydroxyl groups is 2. The van der Waals surface area contributed by atoms with Gasteiger partial charge in [0, 0.05) is 24.0 Å². The molecule has 0 amide bonds. The van der Waals surface area contributed by atoms with Gasteiger partial charge < -0.3 is 10.2 Å². The van der Waals surface area contributed by atoms with Gasteiger partial charge in [0.25, 0.3) is 0 Å². The standard InChI is InChI=1S/C20H22O4/c1-11-7-15(8-12(2)19(11)23)17(21)5-6-18(22)16-9-13(3)20(24)14(4)10-16/h7-10,23-24H,5-6H2,1-4H3. The van der Waals surface area contributed by atoms with Crippen LogP contribution in [0, 0.1) is 27.7 Å². The number of benzene rings is 2. The van der Waals surface area contributed by atoms with Crippen LogP contribution < -0.4 is 0 Å². The van der Waals surface area contributed by atoms with E-state index in [2.05, 4.69) is 0 Å². The van der Waals surface area contributed by atoms with E-state index in [-0.39, 0.29) is 35.9 Å². The Balaban J connectivity index is 2.10. The van der Waals surface area contributed by atoms with Crippen LogP contribution in [0.3, 0.4) is 0 Å². The molecule has 0 saturated carbocycles. The summed E-state index contributed by atoms with van der Waals surface area (Å²) in [5.41, 5.74) is 3.61. The average Bonchev–Trinajstić information content (AvgIpc) is 2.53. The van der Waals surface area contributed by atoms with Gasteiger partial charge in [-0.25, -0.2) is 0 Å². The van der Waals surface area contributed by atoms with Crippen molar-refractivity contribution in [1.29, 1.82) is 0 Å². The lowest BCUT2D eigenvalue weighted by atomic mass is 9.97. The first-order valence-corrected chi connectivity index (χ1v) is 7.87. The molecule has 2 aromatic rings. The van der Waals surface area contributed by atoms with Gasteiger partial charge in [-0.05, 0) is 74.2 Å². The largest absolute Gasteiger partial charge is 0.507 e. The number of carbonyl (C=O) groups excluding carboxylic acids is 2. The predicted octanol–water partition coefficient (Wildman–Crippen LogP) is 4.18. The maximum atomic E-state index is 12.3. The van der Waals surface area contributed by atoms with E-state index >= 15 is 0 Å². The lowest BCUT2D eigenvalue weighted by Gasteiger charge is -2.08. The molecule has 0 bridgehead atoms. The van der Waals surface area contributed by atoms with Gasteiger partial charge in [0.2, 0.25) is 0 Å². The first-order valence-electron chi connectivity index (χ1n) is 7.87. The summed E-state index contributed by atoms with van der Waals surface area (Å²) in [4.78, 5) is 24.6. The van der Waals surface area contributed by atoms with Gasteiger partial charge in [-0.1, -0.05) is 0 Å². The van der Waals surface area contributed by atoms with Crippen molar-refractivity contribution in [2.45, 2.75) is 40.5 Å². The molecule has 0 aliphatic heterocycles. The second kappa shape index (κ2) is 6.87. The molecule has 0 saturated heterocycles. The van der Waals surface area contributed by atoms with Crippen molar-refractivity contribution in [3.8, 4) is 11.5 Å². The summed E-state index contributed by atoms with van der Waals surface area (Å²) >= 11 is 0. The highest BCUT2D eigenvalue weighted by molar-refractivity contribution is 6.02. The SMILES string of the molecule is Cc1cc(C(=O)CCC(=O)c2cc(C)c(O)c(C)c2)cc(C)c1O. The summed E-state index contributed by atoms with van der Waals surface area (Å²) in [6.07, 6.45) is 0.225. The lowest BCUT2D eigenvalue weighted by Crippen LogP contribution is -2.06. The molecule has 0 aromatic heterocycles. The minimum Gasteiger partial charge on any atom is -0.507 e. The number of carbonyl (C=O) groups is 2. The van der Waals surface area contributed by atoms with Crippen LogP contribution in [0.15, 0.2) is 24.3 Å². The number of hydrogen-bond donors (Lipinski definition) is 2. The lowest BCUT2D eigenvalue weighted by molar-refractivity contribution is 0.0917. The van der Waals surface area contributed by atoms with Crippen molar-refractivity contribution in [2.75, 3.05) is 0 Å². The summed E-state index contributed by atoms with van der Waals surface area (Å²) in [5.74, 6) is 0.138. The summed E-state index contributed by atoms with van der Waals surface area (Å²) in [6, 6.07) is 6.57. The van der Waals surface area contributed by atoms with E-state index in [9.17, 15) is 19.8 Å². The minimum absolute atomic E-state index is 0.113. The van der Waals surface area contributed by atoms with E-state index in [4.69, 9.17) is 0 Å². The molecule has 2 rings (SSSR count). The number of phenols is 2. The van der Waals surface area contributed by atoms with E-state index in [1.807, 2.05) is 0 Å². The molecule has 0 radical (unpaired) electrons. The Hall–Kier alpha value is -2.62. The van der Waals surface area contributed by atoms with Crippen LogP contribution in [-0.4, -0.2) is 21.8 Å². The molecular weight excluding hydrogens is 304 g/mol. The average molecular weight is 326 g/mol. The summed E-state index contributed by atoms with van der Waals surface area (Å²) in [7, 11) is 0. The third-order valence-corrected chi connectivity index (χ3v) is 4.21. The van der Waals surface area contributed by atoms with Gasteiger partial charge in [-0.2, -0.15) is 0 Å². The van der Waals surface area contributed by atoms with E-state index in [1.54, 1.807) is 52.0 Å². The van der Waals surface area contributed by atoms with Crippen molar-refractivity contribution < 1.29 is 19.8 Å². The van der Waals surface area contributed by atoms with E-state index in [0.717, 1.165) is 0 Å². The van der Waals surface area contributed by atoms with Crippen LogP contribution in [0.1, 0.15) is 55.8 Å². The number of hydrogen-bond acceptors (Lipinski definition) is 4. The molecule has 4 nitrogen and oxygen atoms in total. The number of phenolic OH excluding ortho intramolecular Hbond substituents is 2. The normalized spacial score (nSPS) is 10.7. The number of Topliss-reactive ketones (excluding diaryl/α,β-unsaturated/α-hetero) is 2. The van der Waals surface area contributed by atoms with Gasteiger partial charge in [0.15, 0.2) is 11.6 Å². The quantitative estimate of drug-likeness (QED) is 0.808. The Kier molecular flexibility index (Phi) is 5.07. The van der Waals surface area contributed by atoms with Gasteiger partial charge in [0.1, 0.15) is 11.5 Å². The fourth-order valence-corrected chi connectivity index (χ4v) is 2.75. The minimum atomic E-state index is -0.123. The third kappa shape index (κ3) is 3.65. The van der Waals surface area contributed by atoms with Crippen molar-refractivity contribution in [1.82, 2.24) is 0 Å². The molecule has 2 N–H and O–H groups in total. The molecule has 4 heteroatoms. The van der Waals surface area contributed by atoms with E-state index in [0.29, 0.717) is 33.4 Å². The molecular formula is C20H22O4. The zero-order valence-electron chi connectivity index (χ0n) is 14.4. The van der Waals surface area contributed by atoms with Gasteiger partial charge >= 0.3 is 0 Å². The Morgan fingerprint density at radius 3 is 1.17 bits per heavy atom. The topological polar surface area (TPSA) is 74.6 Å². The van der Waals surface area contributed by atoms with Crippen LogP contribution in [0.25, 0.3) is 0 Å². The van der Waals surface area contributed by atoms with Crippen LogP contribution in [0.5, 0.6) is 11.5 Å².